The summed E-state index contributed by atoms with van der Waals surface area (Å²) in [6.07, 6.45) is 0. The molecule has 0 aromatic heterocycles. The van der Waals surface area contributed by atoms with E-state index in [0.717, 1.165) is 8.61 Å². The van der Waals surface area contributed by atoms with Gasteiger partial charge in [-0.05, 0) is 48.5 Å². The zero-order chi connectivity index (χ0) is 20.2. The Labute approximate surface area is 165 Å². The highest BCUT2D eigenvalue weighted by Gasteiger charge is 2.23. The van der Waals surface area contributed by atoms with Gasteiger partial charge in [-0.15, -0.1) is 0 Å². The molecule has 0 heterocycles. The molecule has 2 rings (SSSR count). The summed E-state index contributed by atoms with van der Waals surface area (Å²) in [4.78, 5) is 0.0365. The van der Waals surface area contributed by atoms with Gasteiger partial charge in [0.1, 0.15) is 12.4 Å². The highest BCUT2D eigenvalue weighted by Crippen LogP contribution is 2.20. The van der Waals surface area contributed by atoms with E-state index < -0.39 is 20.0 Å². The average Bonchev–Trinajstić information content (AvgIpc) is 2.63. The summed E-state index contributed by atoms with van der Waals surface area (Å²) in [5, 5.41) is 0.585. The van der Waals surface area contributed by atoms with Crippen LogP contribution < -0.4 is 4.74 Å². The first-order valence-corrected chi connectivity index (χ1v) is 11.2. The van der Waals surface area contributed by atoms with E-state index in [1.54, 1.807) is 24.3 Å². The van der Waals surface area contributed by atoms with Gasteiger partial charge in [0.15, 0.2) is 0 Å². The van der Waals surface area contributed by atoms with Crippen molar-refractivity contribution in [2.24, 2.45) is 0 Å². The van der Waals surface area contributed by atoms with Gasteiger partial charge in [-0.3, -0.25) is 0 Å². The number of hydrogen-bond acceptors (Lipinski definition) is 5. The maximum absolute atomic E-state index is 12.6. The third-order valence-electron chi connectivity index (χ3n) is 3.80. The molecule has 0 bridgehead atoms. The van der Waals surface area contributed by atoms with Crippen LogP contribution in [0.4, 0.5) is 0 Å². The first-order valence-electron chi connectivity index (χ1n) is 7.92. The van der Waals surface area contributed by atoms with Crippen LogP contribution in [-0.2, 0) is 20.0 Å². The summed E-state index contributed by atoms with van der Waals surface area (Å²) in [6.45, 7) is 0.285. The zero-order valence-electron chi connectivity index (χ0n) is 15.2. The van der Waals surface area contributed by atoms with Crippen molar-refractivity contribution in [1.82, 2.24) is 8.61 Å². The molecule has 0 aliphatic carbocycles. The fraction of sp³-hybridized carbons (Fsp3) is 0.294. The maximum Gasteiger partial charge on any atom is 0.242 e. The number of benzene rings is 2. The molecule has 10 heteroatoms. The van der Waals surface area contributed by atoms with E-state index >= 15 is 0 Å². The van der Waals surface area contributed by atoms with Crippen LogP contribution in [0, 0.1) is 0 Å². The summed E-state index contributed by atoms with van der Waals surface area (Å²) in [5.74, 6) is 0.587. The number of rotatable bonds is 8. The van der Waals surface area contributed by atoms with E-state index in [1.807, 2.05) is 0 Å². The Kier molecular flexibility index (Phi) is 6.87. The van der Waals surface area contributed by atoms with Crippen LogP contribution in [0.25, 0.3) is 0 Å². The SMILES string of the molecule is CN(C)S(=O)(=O)c1ccc(S(=O)(=O)N(C)CCOc2ccc(Cl)cc2)cc1. The van der Waals surface area contributed by atoms with Crippen LogP contribution in [0.1, 0.15) is 0 Å². The molecule has 0 unspecified atom stereocenters. The fourth-order valence-electron chi connectivity index (χ4n) is 2.12. The molecule has 0 aliphatic rings. The van der Waals surface area contributed by atoms with Crippen molar-refractivity contribution in [2.75, 3.05) is 34.3 Å². The summed E-state index contributed by atoms with van der Waals surface area (Å²) < 4.78 is 57.1. The lowest BCUT2D eigenvalue weighted by Crippen LogP contribution is -2.31. The van der Waals surface area contributed by atoms with E-state index in [9.17, 15) is 16.8 Å². The van der Waals surface area contributed by atoms with Gasteiger partial charge < -0.3 is 4.74 Å². The van der Waals surface area contributed by atoms with Gasteiger partial charge in [-0.1, -0.05) is 11.6 Å². The molecule has 0 atom stereocenters. The largest absolute Gasteiger partial charge is 0.492 e. The van der Waals surface area contributed by atoms with Crippen molar-refractivity contribution in [3.05, 3.63) is 53.6 Å². The van der Waals surface area contributed by atoms with Crippen molar-refractivity contribution in [3.63, 3.8) is 0 Å². The number of nitrogens with zero attached hydrogens (tertiary/aromatic N) is 2. The molecule has 0 fully saturated rings. The second-order valence-electron chi connectivity index (χ2n) is 5.89. The van der Waals surface area contributed by atoms with Gasteiger partial charge >= 0.3 is 0 Å². The highest BCUT2D eigenvalue weighted by atomic mass is 35.5. The Hall–Kier alpha value is -1.65. The topological polar surface area (TPSA) is 84.0 Å². The normalized spacial score (nSPS) is 12.5. The summed E-state index contributed by atoms with van der Waals surface area (Å²) in [5.41, 5.74) is 0. The second-order valence-corrected chi connectivity index (χ2v) is 10.5. The lowest BCUT2D eigenvalue weighted by Gasteiger charge is -2.18. The van der Waals surface area contributed by atoms with Crippen LogP contribution in [-0.4, -0.2) is 59.7 Å². The number of likely N-dealkylation sites (N-methyl/N-ethyl adjacent to an activating group) is 1. The minimum atomic E-state index is -3.76. The minimum Gasteiger partial charge on any atom is -0.492 e. The van der Waals surface area contributed by atoms with Gasteiger partial charge in [-0.2, -0.15) is 4.31 Å². The molecular weight excluding hydrogens is 412 g/mol. The van der Waals surface area contributed by atoms with Crippen LogP contribution in [0.2, 0.25) is 5.02 Å². The van der Waals surface area contributed by atoms with Crippen molar-refractivity contribution in [1.29, 1.82) is 0 Å². The molecule has 7 nitrogen and oxygen atoms in total. The number of sulfonamides is 2. The molecule has 0 saturated carbocycles. The molecular formula is C17H21ClN2O5S2. The summed E-state index contributed by atoms with van der Waals surface area (Å²) in [6, 6.07) is 11.9. The number of halogens is 1. The van der Waals surface area contributed by atoms with Crippen LogP contribution in [0.5, 0.6) is 5.75 Å². The zero-order valence-corrected chi connectivity index (χ0v) is 17.6. The molecule has 2 aromatic carbocycles. The number of hydrogen-bond donors (Lipinski definition) is 0. The van der Waals surface area contributed by atoms with E-state index in [1.165, 1.54) is 45.4 Å². The van der Waals surface area contributed by atoms with Crippen LogP contribution >= 0.6 is 11.6 Å². The van der Waals surface area contributed by atoms with Crippen molar-refractivity contribution >= 4 is 31.6 Å². The van der Waals surface area contributed by atoms with Crippen molar-refractivity contribution in [3.8, 4) is 5.75 Å². The Morgan fingerprint density at radius 2 is 1.30 bits per heavy atom. The third kappa shape index (κ3) is 5.20. The molecule has 0 amide bonds. The molecule has 2 aromatic rings. The van der Waals surface area contributed by atoms with Gasteiger partial charge in [0, 0.05) is 32.7 Å². The number of ether oxygens (including phenoxy) is 1. The van der Waals surface area contributed by atoms with Gasteiger partial charge in [0.05, 0.1) is 9.79 Å². The lowest BCUT2D eigenvalue weighted by molar-refractivity contribution is 0.287. The highest BCUT2D eigenvalue weighted by molar-refractivity contribution is 7.89. The first kappa shape index (κ1) is 21.6. The quantitative estimate of drug-likeness (QED) is 0.639. The van der Waals surface area contributed by atoms with Gasteiger partial charge in [0.25, 0.3) is 0 Å². The molecule has 0 N–H and O–H groups in total. The molecule has 0 spiro atoms. The molecule has 0 aliphatic heterocycles. The molecule has 27 heavy (non-hydrogen) atoms. The van der Waals surface area contributed by atoms with Crippen LogP contribution in [0.15, 0.2) is 58.3 Å². The van der Waals surface area contributed by atoms with Gasteiger partial charge in [0.2, 0.25) is 20.0 Å². The average molecular weight is 433 g/mol. The van der Waals surface area contributed by atoms with Gasteiger partial charge in [-0.25, -0.2) is 21.1 Å². The van der Waals surface area contributed by atoms with E-state index in [4.69, 9.17) is 16.3 Å². The summed E-state index contributed by atoms with van der Waals surface area (Å²) in [7, 11) is -3.11. The fourth-order valence-corrected chi connectivity index (χ4v) is 4.30. The standard InChI is InChI=1S/C17H21ClN2O5S2/c1-19(2)26(21,22)16-8-10-17(11-9-16)27(23,24)20(3)12-13-25-15-6-4-14(18)5-7-15/h4-11H,12-13H2,1-3H3. The Morgan fingerprint density at radius 3 is 1.78 bits per heavy atom. The predicted octanol–water partition coefficient (Wildman–Crippen LogP) is 2.29. The smallest absolute Gasteiger partial charge is 0.242 e. The molecule has 0 saturated heterocycles. The summed E-state index contributed by atoms with van der Waals surface area (Å²) >= 11 is 5.80. The van der Waals surface area contributed by atoms with E-state index in [2.05, 4.69) is 0 Å². The molecule has 0 radical (unpaired) electrons. The van der Waals surface area contributed by atoms with Crippen molar-refractivity contribution in [2.45, 2.75) is 9.79 Å². The maximum atomic E-state index is 12.6. The minimum absolute atomic E-state index is 0.00852. The van der Waals surface area contributed by atoms with E-state index in [-0.39, 0.29) is 22.9 Å². The second kappa shape index (κ2) is 8.57. The third-order valence-corrected chi connectivity index (χ3v) is 7.75. The van der Waals surface area contributed by atoms with Crippen molar-refractivity contribution < 1.29 is 21.6 Å². The Bertz CT molecular complexity index is 973. The van der Waals surface area contributed by atoms with E-state index in [0.29, 0.717) is 10.8 Å². The monoisotopic (exact) mass is 432 g/mol. The molecule has 148 valence electrons. The Morgan fingerprint density at radius 1 is 0.815 bits per heavy atom. The van der Waals surface area contributed by atoms with Crippen LogP contribution in [0.3, 0.4) is 0 Å². The first-order chi connectivity index (χ1) is 12.5. The predicted molar refractivity (Wildman–Crippen MR) is 104 cm³/mol. The Balaban J connectivity index is 2.05. The lowest BCUT2D eigenvalue weighted by atomic mass is 10.3.